The summed E-state index contributed by atoms with van der Waals surface area (Å²) >= 11 is 17.8. The summed E-state index contributed by atoms with van der Waals surface area (Å²) in [7, 11) is 0. The highest BCUT2D eigenvalue weighted by Crippen LogP contribution is 2.30. The molecule has 0 aliphatic heterocycles. The lowest BCUT2D eigenvalue weighted by atomic mass is 10.1. The van der Waals surface area contributed by atoms with Crippen molar-refractivity contribution >= 4 is 40.5 Å². The van der Waals surface area contributed by atoms with Gasteiger partial charge in [0.15, 0.2) is 5.05 Å². The lowest BCUT2D eigenvalue weighted by Crippen LogP contribution is -2.16. The van der Waals surface area contributed by atoms with Gasteiger partial charge in [-0.1, -0.05) is 55.5 Å². The largest absolute Gasteiger partial charge is 0.477 e. The average molecular weight is 385 g/mol. The van der Waals surface area contributed by atoms with Gasteiger partial charge in [0, 0.05) is 34.4 Å². The summed E-state index contributed by atoms with van der Waals surface area (Å²) in [5, 5.41) is 1.82. The molecule has 0 aliphatic carbocycles. The first-order valence-corrected chi connectivity index (χ1v) is 9.36. The molecule has 24 heavy (non-hydrogen) atoms. The Kier molecular flexibility index (Phi) is 8.03. The molecule has 3 nitrogen and oxygen atoms in total. The Labute approximate surface area is 158 Å². The van der Waals surface area contributed by atoms with Crippen LogP contribution in [0.4, 0.5) is 0 Å². The number of hydrogen-bond donors (Lipinski definition) is 0. The highest BCUT2D eigenvalue weighted by Gasteiger charge is 2.19. The quantitative estimate of drug-likeness (QED) is 0.377. The van der Waals surface area contributed by atoms with E-state index in [1.807, 2.05) is 22.9 Å². The zero-order valence-electron chi connectivity index (χ0n) is 13.8. The van der Waals surface area contributed by atoms with Gasteiger partial charge in [-0.05, 0) is 30.8 Å². The molecule has 1 aromatic carbocycles. The summed E-state index contributed by atoms with van der Waals surface area (Å²) in [6.45, 7) is 2.79. The molecule has 0 spiro atoms. The topological polar surface area (TPSA) is 27.1 Å². The first-order valence-electron chi connectivity index (χ1n) is 8.20. The number of halogens is 2. The average Bonchev–Trinajstić information content (AvgIpc) is 3.04. The molecule has 0 amide bonds. The van der Waals surface area contributed by atoms with Crippen LogP contribution in [0.2, 0.25) is 10.0 Å². The summed E-state index contributed by atoms with van der Waals surface area (Å²) in [6.07, 6.45) is 10.6. The van der Waals surface area contributed by atoms with E-state index in [-0.39, 0.29) is 6.10 Å². The van der Waals surface area contributed by atoms with Crippen molar-refractivity contribution in [1.82, 2.24) is 9.55 Å². The van der Waals surface area contributed by atoms with Gasteiger partial charge in [-0.3, -0.25) is 0 Å². The molecule has 1 atom stereocenters. The standard InChI is InChI=1S/C18H22Cl2N2OS/c1-2-3-4-5-6-18(24)23-17(12-22-10-9-21-13-22)15-8-7-14(19)11-16(15)20/h7-11,13,17H,2-6,12H2,1H3. The first-order chi connectivity index (χ1) is 11.6. The predicted octanol–water partition coefficient (Wildman–Crippen LogP) is 6.25. The number of unbranched alkanes of at least 4 members (excludes halogenated alkanes) is 3. The first kappa shape index (κ1) is 19.2. The van der Waals surface area contributed by atoms with Gasteiger partial charge in [0.2, 0.25) is 0 Å². The second-order valence-electron chi connectivity index (χ2n) is 5.71. The van der Waals surface area contributed by atoms with Crippen molar-refractivity contribution in [2.45, 2.75) is 51.7 Å². The van der Waals surface area contributed by atoms with E-state index in [0.29, 0.717) is 21.6 Å². The summed E-state index contributed by atoms with van der Waals surface area (Å²) < 4.78 is 8.02. The zero-order valence-corrected chi connectivity index (χ0v) is 16.1. The van der Waals surface area contributed by atoms with Crippen LogP contribution in [0.5, 0.6) is 0 Å². The smallest absolute Gasteiger partial charge is 0.160 e. The van der Waals surface area contributed by atoms with E-state index < -0.39 is 0 Å². The van der Waals surface area contributed by atoms with Gasteiger partial charge in [0.05, 0.1) is 12.9 Å². The fourth-order valence-electron chi connectivity index (χ4n) is 2.46. The Morgan fingerprint density at radius 1 is 1.29 bits per heavy atom. The Bertz CT molecular complexity index is 646. The molecule has 0 saturated heterocycles. The van der Waals surface area contributed by atoms with E-state index in [9.17, 15) is 0 Å². The molecule has 0 N–H and O–H groups in total. The normalized spacial score (nSPS) is 12.1. The highest BCUT2D eigenvalue weighted by molar-refractivity contribution is 7.80. The lowest BCUT2D eigenvalue weighted by molar-refractivity contribution is 0.170. The van der Waals surface area contributed by atoms with E-state index >= 15 is 0 Å². The van der Waals surface area contributed by atoms with Crippen molar-refractivity contribution in [2.75, 3.05) is 0 Å². The maximum Gasteiger partial charge on any atom is 0.160 e. The SMILES string of the molecule is CCCCCCC(=S)OC(Cn1ccnc1)c1ccc(Cl)cc1Cl. The lowest BCUT2D eigenvalue weighted by Gasteiger charge is -2.21. The third-order valence-electron chi connectivity index (χ3n) is 3.75. The number of ether oxygens (including phenoxy) is 1. The molecule has 0 fully saturated rings. The Hall–Kier alpha value is -1.10. The van der Waals surface area contributed by atoms with Crippen LogP contribution in [-0.2, 0) is 11.3 Å². The number of hydrogen-bond acceptors (Lipinski definition) is 3. The van der Waals surface area contributed by atoms with E-state index in [1.165, 1.54) is 19.3 Å². The van der Waals surface area contributed by atoms with Gasteiger partial charge in [0.1, 0.15) is 6.10 Å². The predicted molar refractivity (Wildman–Crippen MR) is 104 cm³/mol. The van der Waals surface area contributed by atoms with E-state index in [2.05, 4.69) is 11.9 Å². The van der Waals surface area contributed by atoms with E-state index in [0.717, 1.165) is 18.4 Å². The summed E-state index contributed by atoms with van der Waals surface area (Å²) in [5.74, 6) is 0. The van der Waals surface area contributed by atoms with Crippen molar-refractivity contribution in [3.63, 3.8) is 0 Å². The van der Waals surface area contributed by atoms with Gasteiger partial charge in [-0.15, -0.1) is 0 Å². The molecule has 130 valence electrons. The maximum absolute atomic E-state index is 6.36. The van der Waals surface area contributed by atoms with Crippen LogP contribution < -0.4 is 0 Å². The molecule has 1 heterocycles. The molecule has 1 unspecified atom stereocenters. The molecule has 2 rings (SSSR count). The number of rotatable bonds is 9. The van der Waals surface area contributed by atoms with Crippen molar-refractivity contribution in [3.05, 3.63) is 52.5 Å². The summed E-state index contributed by atoms with van der Waals surface area (Å²) in [5.41, 5.74) is 0.880. The van der Waals surface area contributed by atoms with Crippen molar-refractivity contribution in [3.8, 4) is 0 Å². The molecule has 0 radical (unpaired) electrons. The van der Waals surface area contributed by atoms with Crippen molar-refractivity contribution in [2.24, 2.45) is 0 Å². The van der Waals surface area contributed by atoms with Gasteiger partial charge in [-0.25, -0.2) is 4.98 Å². The second kappa shape index (κ2) is 10.0. The number of thiocarbonyl (C=S) groups is 1. The number of nitrogens with zero attached hydrogens (tertiary/aromatic N) is 2. The Morgan fingerprint density at radius 3 is 2.79 bits per heavy atom. The van der Waals surface area contributed by atoms with Crippen LogP contribution in [0.15, 0.2) is 36.9 Å². The molecule has 6 heteroatoms. The molecule has 0 saturated carbocycles. The monoisotopic (exact) mass is 384 g/mol. The Balaban J connectivity index is 2.06. The van der Waals surface area contributed by atoms with Crippen LogP contribution in [0.25, 0.3) is 0 Å². The van der Waals surface area contributed by atoms with Gasteiger partial charge in [-0.2, -0.15) is 0 Å². The molecule has 2 aromatic rings. The van der Waals surface area contributed by atoms with Crippen LogP contribution in [0.3, 0.4) is 0 Å². The summed E-state index contributed by atoms with van der Waals surface area (Å²) in [4.78, 5) is 4.08. The van der Waals surface area contributed by atoms with Gasteiger partial charge < -0.3 is 9.30 Å². The van der Waals surface area contributed by atoms with Gasteiger partial charge in [0.25, 0.3) is 0 Å². The minimum atomic E-state index is -0.261. The minimum Gasteiger partial charge on any atom is -0.477 e. The van der Waals surface area contributed by atoms with Gasteiger partial charge >= 0.3 is 0 Å². The number of benzene rings is 1. The maximum atomic E-state index is 6.36. The summed E-state index contributed by atoms with van der Waals surface area (Å²) in [6, 6.07) is 5.44. The molecule has 0 bridgehead atoms. The second-order valence-corrected chi connectivity index (χ2v) is 7.01. The van der Waals surface area contributed by atoms with Crippen LogP contribution >= 0.6 is 35.4 Å². The molecular weight excluding hydrogens is 363 g/mol. The Morgan fingerprint density at radius 2 is 2.12 bits per heavy atom. The minimum absolute atomic E-state index is 0.261. The van der Waals surface area contributed by atoms with Crippen LogP contribution in [0, 0.1) is 0 Å². The van der Waals surface area contributed by atoms with Crippen molar-refractivity contribution in [1.29, 1.82) is 0 Å². The third-order valence-corrected chi connectivity index (χ3v) is 4.62. The molecule has 1 aromatic heterocycles. The molecular formula is C18H22Cl2N2OS. The van der Waals surface area contributed by atoms with E-state index in [4.69, 9.17) is 40.2 Å². The molecule has 0 aliphatic rings. The van der Waals surface area contributed by atoms with Crippen molar-refractivity contribution < 1.29 is 4.74 Å². The highest BCUT2D eigenvalue weighted by atomic mass is 35.5. The van der Waals surface area contributed by atoms with Crippen LogP contribution in [-0.4, -0.2) is 14.6 Å². The fourth-order valence-corrected chi connectivity index (χ4v) is 3.25. The third kappa shape index (κ3) is 6.08. The number of aromatic nitrogens is 2. The number of imidazole rings is 1. The fraction of sp³-hybridized carbons (Fsp3) is 0.444. The van der Waals surface area contributed by atoms with E-state index in [1.54, 1.807) is 18.6 Å². The zero-order chi connectivity index (χ0) is 17.4. The van der Waals surface area contributed by atoms with Crippen LogP contribution in [0.1, 0.15) is 50.7 Å².